The lowest BCUT2D eigenvalue weighted by molar-refractivity contribution is -0.120. The number of carbonyl (C=O) groups is 4. The molecule has 16 nitrogen and oxygen atoms in total. The maximum absolute atomic E-state index is 14.3. The Morgan fingerprint density at radius 3 is 2.57 bits per heavy atom. The summed E-state index contributed by atoms with van der Waals surface area (Å²) in [5, 5.41) is 12.2. The Bertz CT molecular complexity index is 2090. The molecule has 4 heterocycles. The van der Waals surface area contributed by atoms with Gasteiger partial charge >= 0.3 is 12.2 Å². The molecular weight excluding hydrogens is 717 g/mol. The summed E-state index contributed by atoms with van der Waals surface area (Å²) in [7, 11) is 0. The van der Waals surface area contributed by atoms with Gasteiger partial charge in [0.15, 0.2) is 5.69 Å². The zero-order chi connectivity index (χ0) is 39.8. The number of anilines is 4. The van der Waals surface area contributed by atoms with Crippen molar-refractivity contribution in [3.8, 4) is 0 Å². The van der Waals surface area contributed by atoms with E-state index in [1.165, 1.54) is 6.20 Å². The van der Waals surface area contributed by atoms with Gasteiger partial charge in [0.05, 0.1) is 47.4 Å². The van der Waals surface area contributed by atoms with Crippen molar-refractivity contribution in [1.29, 1.82) is 0 Å². The van der Waals surface area contributed by atoms with Crippen LogP contribution in [0.15, 0.2) is 78.0 Å². The van der Waals surface area contributed by atoms with Crippen molar-refractivity contribution < 1.29 is 28.7 Å². The Balaban J connectivity index is 1.29. The number of benzene rings is 2. The molecule has 2 aromatic heterocycles. The zero-order valence-electron chi connectivity index (χ0n) is 32.0. The molecule has 0 saturated carbocycles. The van der Waals surface area contributed by atoms with Crippen LogP contribution in [0, 0.1) is 5.92 Å². The number of fused-ring (bicyclic) bond motifs is 1. The van der Waals surface area contributed by atoms with Crippen molar-refractivity contribution in [3.63, 3.8) is 0 Å². The number of piperazine rings is 1. The van der Waals surface area contributed by atoms with Crippen molar-refractivity contribution in [2.24, 2.45) is 16.6 Å². The highest BCUT2D eigenvalue weighted by Crippen LogP contribution is 2.32. The van der Waals surface area contributed by atoms with Gasteiger partial charge in [-0.15, -0.1) is 0 Å². The summed E-state index contributed by atoms with van der Waals surface area (Å²) in [5.41, 5.74) is 8.20. The number of hydrogen-bond donors (Lipinski definition) is 5. The number of nitrogens with one attached hydrogen (secondary N) is 4. The Labute approximate surface area is 325 Å². The number of aliphatic imine (C=N–C) groups is 1. The molecule has 2 aliphatic rings. The van der Waals surface area contributed by atoms with Gasteiger partial charge in [0.1, 0.15) is 12.2 Å². The first-order valence-electron chi connectivity index (χ1n) is 18.5. The molecule has 16 heteroatoms. The first-order chi connectivity index (χ1) is 26.9. The zero-order valence-corrected chi connectivity index (χ0v) is 32.0. The van der Waals surface area contributed by atoms with E-state index < -0.39 is 29.7 Å². The lowest BCUT2D eigenvalue weighted by atomic mass is 9.89. The van der Waals surface area contributed by atoms with Gasteiger partial charge in [0.25, 0.3) is 5.91 Å². The third-order valence-electron chi connectivity index (χ3n) is 9.26. The van der Waals surface area contributed by atoms with E-state index in [0.29, 0.717) is 48.5 Å². The number of ether oxygens (including phenoxy) is 2. The van der Waals surface area contributed by atoms with Crippen molar-refractivity contribution in [2.45, 2.75) is 52.0 Å². The highest BCUT2D eigenvalue weighted by atomic mass is 16.6. The number of hydrogen-bond acceptors (Lipinski definition) is 12. The predicted octanol–water partition coefficient (Wildman–Crippen LogP) is 4.31. The van der Waals surface area contributed by atoms with Crippen LogP contribution in [0.5, 0.6) is 0 Å². The van der Waals surface area contributed by atoms with Crippen LogP contribution in [-0.4, -0.2) is 97.1 Å². The van der Waals surface area contributed by atoms with Gasteiger partial charge in [-0.3, -0.25) is 24.9 Å². The van der Waals surface area contributed by atoms with Crippen LogP contribution in [0.25, 0.3) is 10.9 Å². The molecule has 0 radical (unpaired) electrons. The summed E-state index contributed by atoms with van der Waals surface area (Å²) in [6.07, 6.45) is 3.47. The number of nitrogens with zero attached hydrogens (tertiary/aromatic N) is 5. The van der Waals surface area contributed by atoms with Gasteiger partial charge < -0.3 is 41.0 Å². The highest BCUT2D eigenvalue weighted by molar-refractivity contribution is 6.11. The smallest absolute Gasteiger partial charge is 0.412 e. The Morgan fingerprint density at radius 2 is 1.82 bits per heavy atom. The molecular formula is C40H48N10O6. The fraction of sp³-hybridized carbons (Fsp3) is 0.375. The second-order valence-electron chi connectivity index (χ2n) is 14.8. The molecule has 2 aliphatic heterocycles. The molecule has 3 atom stereocenters. The molecule has 294 valence electrons. The summed E-state index contributed by atoms with van der Waals surface area (Å²) in [6, 6.07) is 17.5. The standard InChI is InChI=1S/C40H48N10O6/c1-25-21-50(22-32(35(25)44-15-13-41)48-39(54)56-40(2,3)4)33-12-14-42-20-31(33)46-37(52)36-30(47-38(53)55-24-26-8-6-5-7-9-26)18-27-10-11-28(19-29(27)45-36)49-17-16-43-34(51)23-49/h5-12,14-15,18-20,25,32,35H,13,16-17,21-24,41H2,1-4H3,(H,43,51)(H,46,52)(H,47,53)(H,48,54). The van der Waals surface area contributed by atoms with Crippen LogP contribution in [-0.2, 0) is 20.9 Å². The van der Waals surface area contributed by atoms with Gasteiger partial charge in [0.2, 0.25) is 5.91 Å². The maximum atomic E-state index is 14.3. The molecule has 4 aromatic rings. The van der Waals surface area contributed by atoms with E-state index in [4.69, 9.17) is 20.2 Å². The van der Waals surface area contributed by atoms with Crippen molar-refractivity contribution in [1.82, 2.24) is 20.6 Å². The van der Waals surface area contributed by atoms with E-state index in [1.807, 2.05) is 65.3 Å². The number of pyridine rings is 2. The number of carbonyl (C=O) groups excluding carboxylic acids is 4. The van der Waals surface area contributed by atoms with Crippen LogP contribution in [0.3, 0.4) is 0 Å². The van der Waals surface area contributed by atoms with Gasteiger partial charge in [-0.25, -0.2) is 14.6 Å². The van der Waals surface area contributed by atoms with E-state index in [2.05, 4.69) is 31.2 Å². The van der Waals surface area contributed by atoms with E-state index in [1.54, 1.807) is 45.3 Å². The third-order valence-corrected chi connectivity index (χ3v) is 9.26. The minimum atomic E-state index is -0.764. The second-order valence-corrected chi connectivity index (χ2v) is 14.8. The number of piperidine rings is 1. The lowest BCUT2D eigenvalue weighted by Crippen LogP contribution is -2.58. The monoisotopic (exact) mass is 764 g/mol. The topological polar surface area (TPSA) is 205 Å². The van der Waals surface area contributed by atoms with Crippen molar-refractivity contribution >= 4 is 63.9 Å². The quantitative estimate of drug-likeness (QED) is 0.144. The van der Waals surface area contributed by atoms with Crippen LogP contribution in [0.1, 0.15) is 43.7 Å². The Kier molecular flexibility index (Phi) is 12.3. The van der Waals surface area contributed by atoms with Crippen LogP contribution in [0.2, 0.25) is 0 Å². The van der Waals surface area contributed by atoms with Gasteiger partial charge in [0, 0.05) is 56.2 Å². The van der Waals surface area contributed by atoms with Crippen molar-refractivity contribution in [3.05, 3.63) is 84.3 Å². The summed E-state index contributed by atoms with van der Waals surface area (Å²) >= 11 is 0. The molecule has 3 unspecified atom stereocenters. The summed E-state index contributed by atoms with van der Waals surface area (Å²) in [5.74, 6) is -0.733. The van der Waals surface area contributed by atoms with Gasteiger partial charge in [-0.1, -0.05) is 43.3 Å². The molecule has 2 aromatic carbocycles. The van der Waals surface area contributed by atoms with E-state index in [9.17, 15) is 19.2 Å². The first kappa shape index (κ1) is 39.4. The number of nitrogens with two attached hydrogens (primary N) is 1. The maximum Gasteiger partial charge on any atom is 0.412 e. The molecule has 56 heavy (non-hydrogen) atoms. The minimum absolute atomic E-state index is 0.0253. The highest BCUT2D eigenvalue weighted by Gasteiger charge is 2.37. The number of aromatic nitrogens is 2. The van der Waals surface area contributed by atoms with E-state index in [-0.39, 0.29) is 48.9 Å². The summed E-state index contributed by atoms with van der Waals surface area (Å²) in [6.45, 7) is 9.91. The average molecular weight is 765 g/mol. The van der Waals surface area contributed by atoms with Gasteiger partial charge in [-0.2, -0.15) is 0 Å². The normalized spacial score (nSPS) is 18.7. The van der Waals surface area contributed by atoms with Crippen LogP contribution >= 0.6 is 0 Å². The third kappa shape index (κ3) is 10.1. The molecule has 2 fully saturated rings. The summed E-state index contributed by atoms with van der Waals surface area (Å²) < 4.78 is 11.1. The number of rotatable bonds is 10. The molecule has 2 saturated heterocycles. The summed E-state index contributed by atoms with van der Waals surface area (Å²) in [4.78, 5) is 70.2. The molecule has 6 N–H and O–H groups in total. The first-order valence-corrected chi connectivity index (χ1v) is 18.5. The Morgan fingerprint density at radius 1 is 1.02 bits per heavy atom. The van der Waals surface area contributed by atoms with Crippen LogP contribution < -0.4 is 36.8 Å². The fourth-order valence-corrected chi connectivity index (χ4v) is 6.78. The fourth-order valence-electron chi connectivity index (χ4n) is 6.78. The number of amides is 4. The second kappa shape index (κ2) is 17.5. The SMILES string of the molecule is CC1CN(c2ccncc2NC(=O)c2nc3cc(N4CCNC(=O)C4)ccc3cc2NC(=O)OCc2ccccc2)CC(NC(=O)OC(C)(C)C)C1N=CCN. The largest absolute Gasteiger partial charge is 0.444 e. The predicted molar refractivity (Wildman–Crippen MR) is 215 cm³/mol. The van der Waals surface area contributed by atoms with Crippen molar-refractivity contribution in [2.75, 3.05) is 59.7 Å². The molecule has 6 rings (SSSR count). The Hall–Kier alpha value is -6.29. The molecule has 0 aliphatic carbocycles. The van der Waals surface area contributed by atoms with Gasteiger partial charge in [-0.05, 0) is 56.5 Å². The molecule has 4 amide bonds. The van der Waals surface area contributed by atoms with Crippen LogP contribution in [0.4, 0.5) is 32.3 Å². The van der Waals surface area contributed by atoms with E-state index in [0.717, 1.165) is 11.3 Å². The minimum Gasteiger partial charge on any atom is -0.444 e. The molecule has 0 bridgehead atoms. The molecule has 0 spiro atoms. The average Bonchev–Trinajstić information content (AvgIpc) is 3.16. The lowest BCUT2D eigenvalue weighted by Gasteiger charge is -2.42. The number of alkyl carbamates (subject to hydrolysis) is 1. The van der Waals surface area contributed by atoms with E-state index >= 15 is 0 Å².